The normalized spacial score (nSPS) is 19.3. The number of anilines is 1. The molecule has 3 aromatic heterocycles. The summed E-state index contributed by atoms with van der Waals surface area (Å²) in [5, 5.41) is 6.37. The summed E-state index contributed by atoms with van der Waals surface area (Å²) in [6.07, 6.45) is 1.66. The number of hydrogen-bond acceptors (Lipinski definition) is 6. The number of thiophene rings is 1. The maximum Gasteiger partial charge on any atom is 0.254 e. The number of morpholine rings is 1. The molecule has 1 saturated heterocycles. The summed E-state index contributed by atoms with van der Waals surface area (Å²) in [7, 11) is 0. The van der Waals surface area contributed by atoms with Gasteiger partial charge in [0.2, 0.25) is 0 Å². The van der Waals surface area contributed by atoms with E-state index < -0.39 is 0 Å². The first-order valence-corrected chi connectivity index (χ1v) is 7.76. The molecule has 6 nitrogen and oxygen atoms in total. The van der Waals surface area contributed by atoms with Gasteiger partial charge in [-0.25, -0.2) is 4.98 Å². The summed E-state index contributed by atoms with van der Waals surface area (Å²) in [6, 6.07) is 6.24. The highest BCUT2D eigenvalue weighted by Gasteiger charge is 2.25. The molecule has 3 aromatic rings. The molecule has 1 unspecified atom stereocenters. The zero-order valence-corrected chi connectivity index (χ0v) is 12.5. The molecule has 0 radical (unpaired) electrons. The third-order valence-electron chi connectivity index (χ3n) is 3.61. The topological polar surface area (TPSA) is 55.6 Å². The molecule has 0 spiro atoms. The molecular formula is C14H15N5OS. The van der Waals surface area contributed by atoms with Crippen molar-refractivity contribution in [3.8, 4) is 0 Å². The molecule has 7 heteroatoms. The van der Waals surface area contributed by atoms with Crippen LogP contribution in [0.15, 0.2) is 29.9 Å². The molecule has 0 aliphatic carbocycles. The van der Waals surface area contributed by atoms with E-state index in [1.165, 1.54) is 4.88 Å². The van der Waals surface area contributed by atoms with E-state index >= 15 is 0 Å². The molecule has 1 fully saturated rings. The zero-order chi connectivity index (χ0) is 14.2. The van der Waals surface area contributed by atoms with Gasteiger partial charge in [0.15, 0.2) is 0 Å². The van der Waals surface area contributed by atoms with Crippen LogP contribution in [0.2, 0.25) is 0 Å². The second kappa shape index (κ2) is 5.09. The van der Waals surface area contributed by atoms with Gasteiger partial charge in [-0.3, -0.25) is 0 Å². The summed E-state index contributed by atoms with van der Waals surface area (Å²) < 4.78 is 7.70. The lowest BCUT2D eigenvalue weighted by atomic mass is 10.2. The van der Waals surface area contributed by atoms with Crippen molar-refractivity contribution >= 4 is 22.9 Å². The van der Waals surface area contributed by atoms with Crippen LogP contribution in [0.25, 0.3) is 5.78 Å². The molecule has 0 N–H and O–H groups in total. The summed E-state index contributed by atoms with van der Waals surface area (Å²) >= 11 is 1.74. The maximum absolute atomic E-state index is 5.91. The van der Waals surface area contributed by atoms with E-state index in [1.54, 1.807) is 22.2 Å². The number of aromatic nitrogens is 4. The van der Waals surface area contributed by atoms with Gasteiger partial charge in [0.05, 0.1) is 13.2 Å². The third kappa shape index (κ3) is 2.28. The molecule has 1 aliphatic heterocycles. The van der Waals surface area contributed by atoms with Crippen LogP contribution < -0.4 is 4.90 Å². The second-order valence-electron chi connectivity index (χ2n) is 5.05. The Kier molecular flexibility index (Phi) is 3.08. The average Bonchev–Trinajstić information content (AvgIpc) is 3.17. The van der Waals surface area contributed by atoms with Crippen LogP contribution in [0, 0.1) is 6.92 Å². The highest BCUT2D eigenvalue weighted by atomic mass is 32.1. The van der Waals surface area contributed by atoms with Crippen LogP contribution in [0.4, 0.5) is 5.82 Å². The number of ether oxygens (including phenoxy) is 1. The summed E-state index contributed by atoms with van der Waals surface area (Å²) in [6.45, 7) is 4.36. The Morgan fingerprint density at radius 1 is 1.43 bits per heavy atom. The quantitative estimate of drug-likeness (QED) is 0.725. The van der Waals surface area contributed by atoms with Gasteiger partial charge in [-0.1, -0.05) is 6.07 Å². The molecule has 4 heterocycles. The lowest BCUT2D eigenvalue weighted by Crippen LogP contribution is -2.39. The Morgan fingerprint density at radius 2 is 2.38 bits per heavy atom. The number of fused-ring (bicyclic) bond motifs is 1. The van der Waals surface area contributed by atoms with E-state index in [9.17, 15) is 0 Å². The largest absolute Gasteiger partial charge is 0.369 e. The smallest absolute Gasteiger partial charge is 0.254 e. The van der Waals surface area contributed by atoms with E-state index in [2.05, 4.69) is 43.5 Å². The molecule has 4 rings (SSSR count). The predicted octanol–water partition coefficient (Wildman–Crippen LogP) is 2.07. The highest BCUT2D eigenvalue weighted by Crippen LogP contribution is 2.28. The zero-order valence-electron chi connectivity index (χ0n) is 11.6. The van der Waals surface area contributed by atoms with Crippen molar-refractivity contribution < 1.29 is 4.74 Å². The number of rotatable bonds is 2. The van der Waals surface area contributed by atoms with Gasteiger partial charge in [-0.15, -0.1) is 11.3 Å². The standard InChI is InChI=1S/C14H15N5OS/c1-10-7-13(19-14(17-10)15-9-16-19)18-4-5-20-11(8-18)12-3-2-6-21-12/h2-3,6-7,9,11H,4-5,8H2,1H3. The monoisotopic (exact) mass is 301 g/mol. The van der Waals surface area contributed by atoms with Gasteiger partial charge >= 0.3 is 0 Å². The van der Waals surface area contributed by atoms with Crippen molar-refractivity contribution in [1.82, 2.24) is 19.6 Å². The summed E-state index contributed by atoms with van der Waals surface area (Å²) in [5.74, 6) is 1.67. The number of hydrogen-bond donors (Lipinski definition) is 0. The van der Waals surface area contributed by atoms with Crippen molar-refractivity contribution in [3.05, 3.63) is 40.5 Å². The fourth-order valence-electron chi connectivity index (χ4n) is 2.64. The van der Waals surface area contributed by atoms with Gasteiger partial charge in [0.25, 0.3) is 5.78 Å². The van der Waals surface area contributed by atoms with Gasteiger partial charge < -0.3 is 9.64 Å². The fourth-order valence-corrected chi connectivity index (χ4v) is 3.41. The minimum atomic E-state index is 0.116. The van der Waals surface area contributed by atoms with Crippen LogP contribution in [-0.4, -0.2) is 39.3 Å². The molecule has 0 aromatic carbocycles. The van der Waals surface area contributed by atoms with Crippen LogP contribution in [-0.2, 0) is 4.74 Å². The molecule has 1 aliphatic rings. The summed E-state index contributed by atoms with van der Waals surface area (Å²) in [4.78, 5) is 12.1. The van der Waals surface area contributed by atoms with Crippen molar-refractivity contribution in [2.75, 3.05) is 24.6 Å². The fraction of sp³-hybridized carbons (Fsp3) is 0.357. The van der Waals surface area contributed by atoms with Gasteiger partial charge in [-0.05, 0) is 18.4 Å². The molecular weight excluding hydrogens is 286 g/mol. The Hall–Kier alpha value is -1.99. The Morgan fingerprint density at radius 3 is 3.24 bits per heavy atom. The molecule has 0 saturated carbocycles. The third-order valence-corrected chi connectivity index (χ3v) is 4.58. The van der Waals surface area contributed by atoms with E-state index in [1.807, 2.05) is 6.92 Å². The second-order valence-corrected chi connectivity index (χ2v) is 6.03. The van der Waals surface area contributed by atoms with Crippen molar-refractivity contribution in [1.29, 1.82) is 0 Å². The van der Waals surface area contributed by atoms with Gasteiger partial charge in [0.1, 0.15) is 18.2 Å². The van der Waals surface area contributed by atoms with Crippen LogP contribution in [0.1, 0.15) is 16.7 Å². The summed E-state index contributed by atoms with van der Waals surface area (Å²) in [5.41, 5.74) is 0.949. The number of nitrogens with zero attached hydrogens (tertiary/aromatic N) is 5. The first-order chi connectivity index (χ1) is 10.3. The van der Waals surface area contributed by atoms with Crippen molar-refractivity contribution in [3.63, 3.8) is 0 Å². The van der Waals surface area contributed by atoms with Crippen LogP contribution >= 0.6 is 11.3 Å². The Balaban J connectivity index is 1.70. The van der Waals surface area contributed by atoms with Crippen molar-refractivity contribution in [2.45, 2.75) is 13.0 Å². The molecule has 0 amide bonds. The first kappa shape index (κ1) is 12.7. The Labute approximate surface area is 126 Å². The van der Waals surface area contributed by atoms with Crippen LogP contribution in [0.5, 0.6) is 0 Å². The average molecular weight is 301 g/mol. The van der Waals surface area contributed by atoms with E-state index in [4.69, 9.17) is 4.74 Å². The SMILES string of the molecule is Cc1cc(N2CCOC(c3cccs3)C2)n2ncnc2n1. The number of aryl methyl sites for hydroxylation is 1. The first-order valence-electron chi connectivity index (χ1n) is 6.88. The van der Waals surface area contributed by atoms with E-state index in [0.717, 1.165) is 24.6 Å². The Bertz CT molecular complexity index is 754. The molecule has 0 bridgehead atoms. The van der Waals surface area contributed by atoms with Crippen LogP contribution in [0.3, 0.4) is 0 Å². The predicted molar refractivity (Wildman–Crippen MR) is 80.7 cm³/mol. The van der Waals surface area contributed by atoms with E-state index in [0.29, 0.717) is 12.4 Å². The lowest BCUT2D eigenvalue weighted by molar-refractivity contribution is 0.0417. The molecule has 1 atom stereocenters. The molecule has 108 valence electrons. The minimum Gasteiger partial charge on any atom is -0.369 e. The van der Waals surface area contributed by atoms with Gasteiger partial charge in [0, 0.05) is 23.2 Å². The molecule has 21 heavy (non-hydrogen) atoms. The minimum absolute atomic E-state index is 0.116. The highest BCUT2D eigenvalue weighted by molar-refractivity contribution is 7.10. The van der Waals surface area contributed by atoms with E-state index in [-0.39, 0.29) is 6.10 Å². The lowest BCUT2D eigenvalue weighted by Gasteiger charge is -2.34. The van der Waals surface area contributed by atoms with Gasteiger partial charge in [-0.2, -0.15) is 14.6 Å². The van der Waals surface area contributed by atoms with Crippen molar-refractivity contribution in [2.24, 2.45) is 0 Å². The maximum atomic E-state index is 5.91.